The third kappa shape index (κ3) is 3.76. The van der Waals surface area contributed by atoms with E-state index in [4.69, 9.17) is 16.3 Å². The van der Waals surface area contributed by atoms with Crippen molar-refractivity contribution in [2.45, 2.75) is 17.2 Å². The Balaban J connectivity index is 2.33. The van der Waals surface area contributed by atoms with Gasteiger partial charge in [-0.3, -0.25) is 4.79 Å². The van der Waals surface area contributed by atoms with Gasteiger partial charge in [0.2, 0.25) is 0 Å². The second-order valence-corrected chi connectivity index (χ2v) is 10.2. The maximum Gasteiger partial charge on any atom is 0.325 e. The van der Waals surface area contributed by atoms with Crippen LogP contribution in [0.25, 0.3) is 0 Å². The smallest absolute Gasteiger partial charge is 0.325 e. The van der Waals surface area contributed by atoms with Crippen LogP contribution in [-0.2, 0) is 19.6 Å². The van der Waals surface area contributed by atoms with Gasteiger partial charge in [0.15, 0.2) is 0 Å². The zero-order chi connectivity index (χ0) is 15.6. The molecule has 0 aromatic carbocycles. The summed E-state index contributed by atoms with van der Waals surface area (Å²) in [5.41, 5.74) is 0. The molecule has 0 bridgehead atoms. The molecule has 1 atom stereocenters. The van der Waals surface area contributed by atoms with E-state index in [9.17, 15) is 13.2 Å². The number of halogens is 2. The molecule has 0 N–H and O–H groups in total. The predicted octanol–water partition coefficient (Wildman–Crippen LogP) is 2.83. The van der Waals surface area contributed by atoms with E-state index in [2.05, 4.69) is 15.9 Å². The highest BCUT2D eigenvalue weighted by atomic mass is 79.9. The second-order valence-electron chi connectivity index (χ2n) is 4.15. The van der Waals surface area contributed by atoms with E-state index in [1.165, 1.54) is 10.4 Å². The minimum absolute atomic E-state index is 0.126. The van der Waals surface area contributed by atoms with Crippen LogP contribution < -0.4 is 0 Å². The first-order valence-corrected chi connectivity index (χ1v) is 10.7. The summed E-state index contributed by atoms with van der Waals surface area (Å²) >= 11 is 11.7. The molecular weight excluding hydrogens is 422 g/mol. The van der Waals surface area contributed by atoms with Gasteiger partial charge in [-0.05, 0) is 28.9 Å². The number of hydrogen-bond donors (Lipinski definition) is 0. The largest absolute Gasteiger partial charge is 0.465 e. The number of carbonyl (C=O) groups is 1. The van der Waals surface area contributed by atoms with Crippen molar-refractivity contribution in [2.24, 2.45) is 0 Å². The van der Waals surface area contributed by atoms with Crippen molar-refractivity contribution in [1.82, 2.24) is 4.31 Å². The van der Waals surface area contributed by atoms with Crippen LogP contribution in [0.15, 0.2) is 14.1 Å². The highest BCUT2D eigenvalue weighted by Gasteiger charge is 2.39. The van der Waals surface area contributed by atoms with Gasteiger partial charge < -0.3 is 4.74 Å². The molecule has 0 radical (unpaired) electrons. The number of esters is 1. The fraction of sp³-hybridized carbons (Fsp3) is 0.545. The van der Waals surface area contributed by atoms with E-state index >= 15 is 0 Å². The van der Waals surface area contributed by atoms with E-state index in [1.54, 1.807) is 18.7 Å². The average molecular weight is 435 g/mol. The number of carbonyl (C=O) groups excluding carboxylic acids is 1. The number of ether oxygens (including phenoxy) is 1. The number of thioether (sulfide) groups is 1. The normalized spacial score (nSPS) is 20.4. The lowest BCUT2D eigenvalue weighted by Gasteiger charge is -2.32. The summed E-state index contributed by atoms with van der Waals surface area (Å²) < 4.78 is 32.3. The first-order valence-electron chi connectivity index (χ1n) is 6.09. The zero-order valence-corrected chi connectivity index (χ0v) is 15.8. The summed E-state index contributed by atoms with van der Waals surface area (Å²) in [6.45, 7) is 2.21. The Bertz CT molecular complexity index is 614. The third-order valence-corrected chi connectivity index (χ3v) is 8.68. The molecule has 1 fully saturated rings. The SMILES string of the molecule is CCOC(=O)C1CSCCN1S(=O)(=O)c1cc(Cl)c(Br)s1. The van der Waals surface area contributed by atoms with Gasteiger partial charge in [-0.2, -0.15) is 16.1 Å². The van der Waals surface area contributed by atoms with Crippen molar-refractivity contribution in [3.63, 3.8) is 0 Å². The van der Waals surface area contributed by atoms with Gasteiger partial charge in [0, 0.05) is 18.1 Å². The number of thiophene rings is 1. The summed E-state index contributed by atoms with van der Waals surface area (Å²) in [5.74, 6) is 0.545. The van der Waals surface area contributed by atoms with Gasteiger partial charge in [-0.1, -0.05) is 11.6 Å². The maximum atomic E-state index is 12.7. The van der Waals surface area contributed by atoms with E-state index in [-0.39, 0.29) is 17.4 Å². The Morgan fingerprint density at radius 2 is 2.33 bits per heavy atom. The summed E-state index contributed by atoms with van der Waals surface area (Å²) in [6, 6.07) is 0.614. The summed E-state index contributed by atoms with van der Waals surface area (Å²) in [4.78, 5) is 12.0. The van der Waals surface area contributed by atoms with Gasteiger partial charge in [0.1, 0.15) is 10.3 Å². The minimum Gasteiger partial charge on any atom is -0.465 e. The first-order chi connectivity index (χ1) is 9.87. The Hall–Kier alpha value is 0.200. The van der Waals surface area contributed by atoms with Crippen LogP contribution >= 0.6 is 50.6 Å². The molecule has 5 nitrogen and oxygen atoms in total. The average Bonchev–Trinajstić information content (AvgIpc) is 2.80. The molecule has 1 unspecified atom stereocenters. The topological polar surface area (TPSA) is 63.7 Å². The molecule has 0 aliphatic carbocycles. The van der Waals surface area contributed by atoms with Gasteiger partial charge in [-0.25, -0.2) is 8.42 Å². The molecule has 118 valence electrons. The van der Waals surface area contributed by atoms with Crippen molar-refractivity contribution < 1.29 is 17.9 Å². The van der Waals surface area contributed by atoms with Gasteiger partial charge >= 0.3 is 5.97 Å². The van der Waals surface area contributed by atoms with Crippen molar-refractivity contribution in [2.75, 3.05) is 24.7 Å². The van der Waals surface area contributed by atoms with E-state index in [0.29, 0.717) is 20.3 Å². The van der Waals surface area contributed by atoms with Gasteiger partial charge in [0.25, 0.3) is 10.0 Å². The zero-order valence-electron chi connectivity index (χ0n) is 11.0. The number of nitrogens with zero attached hydrogens (tertiary/aromatic N) is 1. The van der Waals surface area contributed by atoms with Crippen LogP contribution in [0.4, 0.5) is 0 Å². The lowest BCUT2D eigenvalue weighted by Crippen LogP contribution is -2.50. The molecule has 2 heterocycles. The van der Waals surface area contributed by atoms with Crippen LogP contribution in [0.1, 0.15) is 6.92 Å². The molecule has 1 aliphatic heterocycles. The Kier molecular flexibility index (Phi) is 6.00. The standard InChI is InChI=1S/C11H13BrClNO4S3/c1-2-18-11(15)8-6-19-4-3-14(8)21(16,17)9-5-7(13)10(12)20-9/h5,8H,2-4,6H2,1H3. The highest BCUT2D eigenvalue weighted by Crippen LogP contribution is 2.37. The molecule has 0 amide bonds. The first kappa shape index (κ1) is 17.6. The van der Waals surface area contributed by atoms with Crippen LogP contribution in [0, 0.1) is 0 Å². The molecule has 1 aliphatic rings. The summed E-state index contributed by atoms with van der Waals surface area (Å²) in [6.07, 6.45) is 0. The highest BCUT2D eigenvalue weighted by molar-refractivity contribution is 9.11. The second kappa shape index (κ2) is 7.18. The Labute approximate surface area is 145 Å². The lowest BCUT2D eigenvalue weighted by atomic mass is 10.3. The lowest BCUT2D eigenvalue weighted by molar-refractivity contribution is -0.146. The fourth-order valence-corrected chi connectivity index (χ4v) is 7.22. The minimum atomic E-state index is -3.75. The Morgan fingerprint density at radius 1 is 1.62 bits per heavy atom. The predicted molar refractivity (Wildman–Crippen MR) is 88.7 cm³/mol. The molecule has 1 aromatic heterocycles. The van der Waals surface area contributed by atoms with Crippen molar-refractivity contribution in [1.29, 1.82) is 0 Å². The molecule has 2 rings (SSSR count). The van der Waals surface area contributed by atoms with E-state index in [1.807, 2.05) is 0 Å². The number of rotatable bonds is 4. The number of sulfonamides is 1. The van der Waals surface area contributed by atoms with Crippen LogP contribution in [0.5, 0.6) is 0 Å². The van der Waals surface area contributed by atoms with Crippen molar-refractivity contribution in [3.8, 4) is 0 Å². The molecule has 0 saturated carbocycles. The van der Waals surface area contributed by atoms with Crippen LogP contribution in [0.3, 0.4) is 0 Å². The maximum absolute atomic E-state index is 12.7. The van der Waals surface area contributed by atoms with Crippen molar-refractivity contribution >= 4 is 66.6 Å². The Morgan fingerprint density at radius 3 is 2.90 bits per heavy atom. The van der Waals surface area contributed by atoms with Gasteiger partial charge in [-0.15, -0.1) is 11.3 Å². The monoisotopic (exact) mass is 433 g/mol. The van der Waals surface area contributed by atoms with Crippen LogP contribution in [-0.4, -0.2) is 49.4 Å². The molecule has 21 heavy (non-hydrogen) atoms. The summed E-state index contributed by atoms with van der Waals surface area (Å²) in [5, 5.41) is 0.345. The third-order valence-electron chi connectivity index (χ3n) is 2.82. The molecule has 10 heteroatoms. The van der Waals surface area contributed by atoms with E-state index in [0.717, 1.165) is 11.3 Å². The number of hydrogen-bond acceptors (Lipinski definition) is 6. The van der Waals surface area contributed by atoms with E-state index < -0.39 is 22.0 Å². The molecule has 1 aromatic rings. The van der Waals surface area contributed by atoms with Gasteiger partial charge in [0.05, 0.1) is 15.4 Å². The summed E-state index contributed by atoms with van der Waals surface area (Å²) in [7, 11) is -3.75. The quantitative estimate of drug-likeness (QED) is 0.682. The molecular formula is C11H13BrClNO4S3. The fourth-order valence-electron chi connectivity index (χ4n) is 1.87. The van der Waals surface area contributed by atoms with Crippen molar-refractivity contribution in [3.05, 3.63) is 14.9 Å². The van der Waals surface area contributed by atoms with Crippen LogP contribution in [0.2, 0.25) is 5.02 Å². The molecule has 1 saturated heterocycles. The molecule has 0 spiro atoms.